The quantitative estimate of drug-likeness (QED) is 0.0128. The van der Waals surface area contributed by atoms with E-state index in [0.29, 0.717) is 70.3 Å². The molecule has 420 valence electrons. The lowest BCUT2D eigenvalue weighted by Gasteiger charge is -2.28. The van der Waals surface area contributed by atoms with E-state index in [-0.39, 0.29) is 101 Å². The Bertz CT molecular complexity index is 2070. The smallest absolute Gasteiger partial charge is 0.269 e. The van der Waals surface area contributed by atoms with Crippen LogP contribution in [0.15, 0.2) is 29.3 Å². The number of aromatic amines is 1. The summed E-state index contributed by atoms with van der Waals surface area (Å²) in [6.07, 6.45) is 6.96. The predicted molar refractivity (Wildman–Crippen MR) is 277 cm³/mol. The number of aromatic nitrogens is 2. The molecule has 0 bridgehead atoms. The Kier molecular flexibility index (Phi) is 31.6. The average Bonchev–Trinajstić information content (AvgIpc) is 4.10. The van der Waals surface area contributed by atoms with Gasteiger partial charge < -0.3 is 91.9 Å². The van der Waals surface area contributed by atoms with E-state index in [9.17, 15) is 48.3 Å². The van der Waals surface area contributed by atoms with E-state index in [1.807, 2.05) is 0 Å². The van der Waals surface area contributed by atoms with Gasteiger partial charge in [0.15, 0.2) is 5.96 Å². The second-order valence-electron chi connectivity index (χ2n) is 17.7. The monoisotopic (exact) mass is 1060 g/mol. The molecule has 1 aliphatic heterocycles. The minimum atomic E-state index is -1.36. The number of unbranched alkanes of at least 4 members (excludes halogenated alkanes) is 3. The first kappa shape index (κ1) is 64.2. The van der Waals surface area contributed by atoms with E-state index in [4.69, 9.17) is 39.8 Å². The number of hydrogen-bond donors (Lipinski definition) is 17. The maximum atomic E-state index is 14.4. The Morgan fingerprint density at radius 1 is 0.773 bits per heavy atom. The first-order valence-electron chi connectivity index (χ1n) is 25.4. The molecule has 5 atom stereocenters. The van der Waals surface area contributed by atoms with E-state index < -0.39 is 96.5 Å². The molecule has 2 heterocycles. The molecule has 0 saturated carbocycles. The molecule has 29 nitrogen and oxygen atoms in total. The van der Waals surface area contributed by atoms with Crippen LogP contribution in [0.1, 0.15) is 95.6 Å². The minimum absolute atomic E-state index is 0.0439. The standard InChI is InChI=1S/C46H81N19O10/c47-15-3-1-10-31(40(70)55-19-6-5-17-49)61-42(72)33(13-8-20-56-46(52)53)62-41(71)32(11-2-4-16-48)63-43(73)35(22-29-25-54-28-59-29)64-44(74)36-14-9-21-65(36)45(75)34(12-7-18-50)60-39(69)27-58-38(68)26-57-37(67)23-30(66)24-51/h13,25,28,30-32,35-36,66H,1-12,14-24,26-27,47-51H2,(H,54,59)(H,55,70)(H,57,67)(H,58,68)(H,61,72)(H,62,71)(H,63,73)(H,64,74)(H4,52,53,56)/b33-13-,60-34+/t30-,31+,32+,35+,36+/m1/s1. The summed E-state index contributed by atoms with van der Waals surface area (Å²) in [7, 11) is 0. The van der Waals surface area contributed by atoms with E-state index >= 15 is 0 Å². The van der Waals surface area contributed by atoms with Crippen LogP contribution in [0.25, 0.3) is 0 Å². The number of hydrogen-bond acceptors (Lipinski definition) is 17. The highest BCUT2D eigenvalue weighted by Gasteiger charge is 2.38. The van der Waals surface area contributed by atoms with Crippen LogP contribution < -0.4 is 76.9 Å². The number of amides is 9. The van der Waals surface area contributed by atoms with Crippen LogP contribution in [-0.2, 0) is 49.6 Å². The number of carbonyl (C=O) groups is 9. The third-order valence-corrected chi connectivity index (χ3v) is 11.5. The number of imidazole rings is 1. The SMILES string of the molecule is N=C(N)NCC/C=C(\NC(=O)[C@H](CCCCN)NC(=O)[C@H](Cc1cnc[nH]1)NC(=O)[C@@H]1CCCN1C(=O)/C(CCCN)=N/C(=O)CNC(=O)CNC(=O)C[C@@H](O)CN)C(=O)N[C@@H](CCCCN)C(=O)NCCCCN. The summed E-state index contributed by atoms with van der Waals surface area (Å²) < 4.78 is 0. The zero-order chi connectivity index (χ0) is 55.5. The Morgan fingerprint density at radius 2 is 1.43 bits per heavy atom. The van der Waals surface area contributed by atoms with Gasteiger partial charge in [-0.15, -0.1) is 0 Å². The number of nitrogens with two attached hydrogens (primary N) is 6. The van der Waals surface area contributed by atoms with Gasteiger partial charge in [-0.3, -0.25) is 48.6 Å². The lowest BCUT2D eigenvalue weighted by atomic mass is 10.1. The highest BCUT2D eigenvalue weighted by atomic mass is 16.3. The third-order valence-electron chi connectivity index (χ3n) is 11.5. The number of aliphatic hydroxyl groups excluding tert-OH is 1. The van der Waals surface area contributed by atoms with Gasteiger partial charge in [0.2, 0.25) is 35.4 Å². The zero-order valence-electron chi connectivity index (χ0n) is 42.7. The number of carbonyl (C=O) groups excluding carboxylic acids is 9. The molecule has 23 N–H and O–H groups in total. The predicted octanol–water partition coefficient (Wildman–Crippen LogP) is -5.97. The number of aliphatic imine (C=N–C) groups is 1. The van der Waals surface area contributed by atoms with Gasteiger partial charge >= 0.3 is 0 Å². The highest BCUT2D eigenvalue weighted by Crippen LogP contribution is 2.20. The molecule has 9 amide bonds. The second kappa shape index (κ2) is 36.9. The van der Waals surface area contributed by atoms with E-state index in [0.717, 1.165) is 0 Å². The van der Waals surface area contributed by atoms with E-state index in [1.54, 1.807) is 0 Å². The first-order valence-corrected chi connectivity index (χ1v) is 25.4. The molecule has 1 saturated heterocycles. The number of likely N-dealkylation sites (tertiary alicyclic amines) is 1. The molecule has 29 heteroatoms. The fourth-order valence-electron chi connectivity index (χ4n) is 7.48. The van der Waals surface area contributed by atoms with Crippen molar-refractivity contribution in [2.45, 2.75) is 127 Å². The summed E-state index contributed by atoms with van der Waals surface area (Å²) in [5.41, 5.74) is 33.5. The molecule has 0 radical (unpaired) electrons. The Labute approximate surface area is 436 Å². The van der Waals surface area contributed by atoms with Crippen LogP contribution >= 0.6 is 0 Å². The van der Waals surface area contributed by atoms with Crippen LogP contribution in [0.3, 0.4) is 0 Å². The molecule has 1 aromatic heterocycles. The van der Waals surface area contributed by atoms with Gasteiger partial charge in [0.1, 0.15) is 35.6 Å². The lowest BCUT2D eigenvalue weighted by molar-refractivity contribution is -0.136. The summed E-state index contributed by atoms with van der Waals surface area (Å²) in [5, 5.41) is 37.8. The van der Waals surface area contributed by atoms with Gasteiger partial charge in [0.25, 0.3) is 17.7 Å². The maximum Gasteiger partial charge on any atom is 0.269 e. The van der Waals surface area contributed by atoms with Crippen molar-refractivity contribution in [3.05, 3.63) is 30.0 Å². The average molecular weight is 1060 g/mol. The van der Waals surface area contributed by atoms with Crippen molar-refractivity contribution >= 4 is 64.8 Å². The number of nitrogens with one attached hydrogen (secondary N) is 10. The number of H-pyrrole nitrogens is 1. The Hall–Kier alpha value is -6.92. The van der Waals surface area contributed by atoms with E-state index in [1.165, 1.54) is 23.5 Å². The third kappa shape index (κ3) is 25.7. The van der Waals surface area contributed by atoms with Crippen LogP contribution in [0.4, 0.5) is 0 Å². The van der Waals surface area contributed by atoms with Crippen molar-refractivity contribution in [2.24, 2.45) is 39.4 Å². The molecule has 1 aromatic rings. The van der Waals surface area contributed by atoms with Gasteiger partial charge in [-0.2, -0.15) is 0 Å². The summed E-state index contributed by atoms with van der Waals surface area (Å²) in [5.74, 6) is -6.94. The largest absolute Gasteiger partial charge is 0.391 e. The number of nitrogens with zero attached hydrogens (tertiary/aromatic N) is 3. The van der Waals surface area contributed by atoms with Crippen molar-refractivity contribution in [1.82, 2.24) is 57.4 Å². The lowest BCUT2D eigenvalue weighted by Crippen LogP contribution is -2.57. The van der Waals surface area contributed by atoms with Crippen molar-refractivity contribution in [1.29, 1.82) is 5.41 Å². The molecule has 75 heavy (non-hydrogen) atoms. The minimum Gasteiger partial charge on any atom is -0.391 e. The fourth-order valence-corrected chi connectivity index (χ4v) is 7.48. The van der Waals surface area contributed by atoms with Crippen LogP contribution in [0.2, 0.25) is 0 Å². The molecule has 0 spiro atoms. The van der Waals surface area contributed by atoms with E-state index in [2.05, 4.69) is 57.5 Å². The van der Waals surface area contributed by atoms with Gasteiger partial charge in [0.05, 0.1) is 31.9 Å². The van der Waals surface area contributed by atoms with Gasteiger partial charge in [-0.25, -0.2) is 9.98 Å². The number of guanidine groups is 1. The van der Waals surface area contributed by atoms with Gasteiger partial charge in [-0.05, 0) is 110 Å². The normalized spacial score (nSPS) is 15.1. The molecule has 2 rings (SSSR count). The van der Waals surface area contributed by atoms with Gasteiger partial charge in [-0.1, -0.05) is 6.08 Å². The molecule has 0 aliphatic carbocycles. The van der Waals surface area contributed by atoms with Crippen molar-refractivity contribution in [2.75, 3.05) is 65.4 Å². The van der Waals surface area contributed by atoms with Crippen molar-refractivity contribution in [3.8, 4) is 0 Å². The van der Waals surface area contributed by atoms with Crippen LogP contribution in [-0.4, -0.2) is 181 Å². The molecule has 0 aromatic carbocycles. The molecular formula is C46H81N19O10. The van der Waals surface area contributed by atoms with Gasteiger partial charge in [0, 0.05) is 44.5 Å². The molecule has 0 unspecified atom stereocenters. The fraction of sp³-hybridized carbons (Fsp3) is 0.652. The Morgan fingerprint density at radius 3 is 2.05 bits per heavy atom. The number of rotatable bonds is 37. The van der Waals surface area contributed by atoms with Crippen LogP contribution in [0.5, 0.6) is 0 Å². The molecule has 1 fully saturated rings. The zero-order valence-corrected chi connectivity index (χ0v) is 42.7. The number of aliphatic hydroxyl groups is 1. The van der Waals surface area contributed by atoms with Crippen LogP contribution in [0, 0.1) is 5.41 Å². The summed E-state index contributed by atoms with van der Waals surface area (Å²) in [6.45, 7) is 0.425. The maximum absolute atomic E-state index is 14.4. The second-order valence-corrected chi connectivity index (χ2v) is 17.7. The molecule has 1 aliphatic rings. The summed E-state index contributed by atoms with van der Waals surface area (Å²) in [6, 6.07) is -4.79. The topological polar surface area (TPSA) is 494 Å². The Balaban J connectivity index is 2.38. The summed E-state index contributed by atoms with van der Waals surface area (Å²) >= 11 is 0. The van der Waals surface area contributed by atoms with Crippen molar-refractivity contribution < 1.29 is 48.3 Å². The van der Waals surface area contributed by atoms with Crippen molar-refractivity contribution in [3.63, 3.8) is 0 Å². The molecular weight excluding hydrogens is 979 g/mol. The highest BCUT2D eigenvalue weighted by molar-refractivity contribution is 6.40. The first-order chi connectivity index (χ1) is 36.0. The summed E-state index contributed by atoms with van der Waals surface area (Å²) in [4.78, 5) is 133.